The standard InChI is InChI=1S/C13H16Cl2N2O/c1-7-3-4-11(8(7)2)17-13(18)9-5-12(15)16-6-10(9)14/h5-8,11H,3-4H2,1-2H3,(H,17,18). The largest absolute Gasteiger partial charge is 0.349 e. The number of pyridine rings is 1. The number of aromatic nitrogens is 1. The molecule has 0 bridgehead atoms. The Balaban J connectivity index is 2.10. The third-order valence-electron chi connectivity index (χ3n) is 3.85. The van der Waals surface area contributed by atoms with Crippen molar-refractivity contribution in [3.05, 3.63) is 28.0 Å². The smallest absolute Gasteiger partial charge is 0.253 e. The SMILES string of the molecule is CC1CCC(NC(=O)c2cc(Cl)ncc2Cl)C1C. The van der Waals surface area contributed by atoms with Crippen LogP contribution < -0.4 is 5.32 Å². The first-order chi connectivity index (χ1) is 8.49. The highest BCUT2D eigenvalue weighted by molar-refractivity contribution is 6.35. The van der Waals surface area contributed by atoms with Crippen molar-refractivity contribution in [1.29, 1.82) is 0 Å². The summed E-state index contributed by atoms with van der Waals surface area (Å²) in [6.45, 7) is 4.39. The minimum absolute atomic E-state index is 0.171. The highest BCUT2D eigenvalue weighted by Gasteiger charge is 2.31. The van der Waals surface area contributed by atoms with Crippen LogP contribution >= 0.6 is 23.2 Å². The number of nitrogens with one attached hydrogen (secondary N) is 1. The van der Waals surface area contributed by atoms with Gasteiger partial charge < -0.3 is 5.32 Å². The molecule has 0 aromatic carbocycles. The van der Waals surface area contributed by atoms with Gasteiger partial charge in [-0.3, -0.25) is 4.79 Å². The topological polar surface area (TPSA) is 42.0 Å². The Bertz CT molecular complexity index is 464. The molecule has 1 fully saturated rings. The summed E-state index contributed by atoms with van der Waals surface area (Å²) in [5.41, 5.74) is 0.392. The second-order valence-electron chi connectivity index (χ2n) is 4.98. The Morgan fingerprint density at radius 2 is 2.11 bits per heavy atom. The van der Waals surface area contributed by atoms with E-state index in [4.69, 9.17) is 23.2 Å². The van der Waals surface area contributed by atoms with E-state index >= 15 is 0 Å². The Hall–Kier alpha value is -0.800. The predicted octanol–water partition coefficient (Wildman–Crippen LogP) is 3.55. The molecule has 0 saturated heterocycles. The molecule has 1 amide bonds. The van der Waals surface area contributed by atoms with Crippen molar-refractivity contribution in [3.8, 4) is 0 Å². The van der Waals surface area contributed by atoms with E-state index in [2.05, 4.69) is 24.1 Å². The fraction of sp³-hybridized carbons (Fsp3) is 0.538. The monoisotopic (exact) mass is 286 g/mol. The summed E-state index contributed by atoms with van der Waals surface area (Å²) in [6, 6.07) is 1.72. The molecule has 1 N–H and O–H groups in total. The van der Waals surface area contributed by atoms with Crippen LogP contribution in [0.4, 0.5) is 0 Å². The zero-order valence-corrected chi connectivity index (χ0v) is 11.9. The van der Waals surface area contributed by atoms with E-state index in [9.17, 15) is 4.79 Å². The number of hydrogen-bond acceptors (Lipinski definition) is 2. The fourth-order valence-electron chi connectivity index (χ4n) is 2.40. The second-order valence-corrected chi connectivity index (χ2v) is 5.78. The van der Waals surface area contributed by atoms with Gasteiger partial charge in [-0.1, -0.05) is 37.0 Å². The first-order valence-corrected chi connectivity index (χ1v) is 6.86. The number of amides is 1. The lowest BCUT2D eigenvalue weighted by atomic mass is 9.97. The summed E-state index contributed by atoms with van der Waals surface area (Å²) >= 11 is 11.7. The first kappa shape index (κ1) is 13.6. The van der Waals surface area contributed by atoms with Gasteiger partial charge in [-0.15, -0.1) is 0 Å². The summed E-state index contributed by atoms with van der Waals surface area (Å²) in [7, 11) is 0. The number of halogens is 2. The molecule has 0 radical (unpaired) electrons. The molecule has 3 atom stereocenters. The molecular weight excluding hydrogens is 271 g/mol. The quantitative estimate of drug-likeness (QED) is 0.845. The molecule has 1 aliphatic rings. The molecule has 0 aliphatic heterocycles. The molecule has 5 heteroatoms. The third kappa shape index (κ3) is 2.78. The van der Waals surface area contributed by atoms with E-state index in [0.717, 1.165) is 12.8 Å². The highest BCUT2D eigenvalue weighted by atomic mass is 35.5. The summed E-state index contributed by atoms with van der Waals surface area (Å²) < 4.78 is 0. The van der Waals surface area contributed by atoms with E-state index in [-0.39, 0.29) is 17.1 Å². The lowest BCUT2D eigenvalue weighted by Crippen LogP contribution is -2.37. The summed E-state index contributed by atoms with van der Waals surface area (Å²) in [5, 5.41) is 3.64. The van der Waals surface area contributed by atoms with E-state index in [1.54, 1.807) is 0 Å². The van der Waals surface area contributed by atoms with Gasteiger partial charge in [0.15, 0.2) is 0 Å². The van der Waals surface area contributed by atoms with Crippen molar-refractivity contribution in [2.45, 2.75) is 32.7 Å². The Kier molecular flexibility index (Phi) is 4.13. The number of nitrogens with zero attached hydrogens (tertiary/aromatic N) is 1. The molecule has 1 aromatic heterocycles. The minimum Gasteiger partial charge on any atom is -0.349 e. The maximum atomic E-state index is 12.1. The maximum Gasteiger partial charge on any atom is 0.253 e. The Morgan fingerprint density at radius 3 is 2.72 bits per heavy atom. The molecular formula is C13H16Cl2N2O. The molecule has 0 spiro atoms. The molecule has 1 heterocycles. The number of rotatable bonds is 2. The molecule has 2 rings (SSSR count). The average Bonchev–Trinajstić information content (AvgIpc) is 2.64. The molecule has 3 unspecified atom stereocenters. The van der Waals surface area contributed by atoms with Gasteiger partial charge in [0.2, 0.25) is 0 Å². The van der Waals surface area contributed by atoms with Crippen LogP contribution in [0.2, 0.25) is 10.2 Å². The second kappa shape index (κ2) is 5.45. The van der Waals surface area contributed by atoms with Gasteiger partial charge in [0, 0.05) is 12.2 Å². The van der Waals surface area contributed by atoms with Crippen molar-refractivity contribution in [2.24, 2.45) is 11.8 Å². The fourth-order valence-corrected chi connectivity index (χ4v) is 2.75. The summed E-state index contributed by atoms with van der Waals surface area (Å²) in [4.78, 5) is 16.0. The molecule has 98 valence electrons. The molecule has 1 saturated carbocycles. The molecule has 1 aliphatic carbocycles. The van der Waals surface area contributed by atoms with Crippen molar-refractivity contribution >= 4 is 29.1 Å². The van der Waals surface area contributed by atoms with Crippen molar-refractivity contribution < 1.29 is 4.79 Å². The van der Waals surface area contributed by atoms with Gasteiger partial charge >= 0.3 is 0 Å². The third-order valence-corrected chi connectivity index (χ3v) is 4.36. The lowest BCUT2D eigenvalue weighted by Gasteiger charge is -2.19. The predicted molar refractivity (Wildman–Crippen MR) is 73.1 cm³/mol. The van der Waals surface area contributed by atoms with Crippen molar-refractivity contribution in [2.75, 3.05) is 0 Å². The zero-order valence-electron chi connectivity index (χ0n) is 10.4. The first-order valence-electron chi connectivity index (χ1n) is 6.11. The van der Waals surface area contributed by atoms with Crippen LogP contribution in [0.1, 0.15) is 37.0 Å². The van der Waals surface area contributed by atoms with Crippen molar-refractivity contribution in [1.82, 2.24) is 10.3 Å². The summed E-state index contributed by atoms with van der Waals surface area (Å²) in [6.07, 6.45) is 3.57. The Labute approximate surface area is 117 Å². The number of carbonyl (C=O) groups excluding carboxylic acids is 1. The maximum absolute atomic E-state index is 12.1. The number of hydrogen-bond donors (Lipinski definition) is 1. The van der Waals surface area contributed by atoms with Gasteiger partial charge in [-0.05, 0) is 30.7 Å². The molecule has 3 nitrogen and oxygen atoms in total. The number of carbonyl (C=O) groups is 1. The average molecular weight is 287 g/mol. The van der Waals surface area contributed by atoms with Crippen molar-refractivity contribution in [3.63, 3.8) is 0 Å². The molecule has 1 aromatic rings. The van der Waals surface area contributed by atoms with Crippen LogP contribution in [0.15, 0.2) is 12.3 Å². The van der Waals surface area contributed by atoms with Crippen LogP contribution in [-0.2, 0) is 0 Å². The lowest BCUT2D eigenvalue weighted by molar-refractivity contribution is 0.0927. The zero-order chi connectivity index (χ0) is 13.3. The van der Waals surface area contributed by atoms with Gasteiger partial charge in [-0.2, -0.15) is 0 Å². The Morgan fingerprint density at radius 1 is 1.39 bits per heavy atom. The van der Waals surface area contributed by atoms with Gasteiger partial charge in [-0.25, -0.2) is 4.98 Å². The van der Waals surface area contributed by atoms with Crippen LogP contribution in [-0.4, -0.2) is 16.9 Å². The van der Waals surface area contributed by atoms with Crippen LogP contribution in [0, 0.1) is 11.8 Å². The minimum atomic E-state index is -0.171. The van der Waals surface area contributed by atoms with Gasteiger partial charge in [0.1, 0.15) is 5.15 Å². The van der Waals surface area contributed by atoms with Crippen LogP contribution in [0.3, 0.4) is 0 Å². The van der Waals surface area contributed by atoms with Gasteiger partial charge in [0.25, 0.3) is 5.91 Å². The van der Waals surface area contributed by atoms with E-state index < -0.39 is 0 Å². The summed E-state index contributed by atoms with van der Waals surface area (Å²) in [5.74, 6) is 0.965. The highest BCUT2D eigenvalue weighted by Crippen LogP contribution is 2.31. The van der Waals surface area contributed by atoms with Crippen LogP contribution in [0.25, 0.3) is 0 Å². The van der Waals surface area contributed by atoms with E-state index in [0.29, 0.717) is 22.4 Å². The molecule has 18 heavy (non-hydrogen) atoms. The van der Waals surface area contributed by atoms with Crippen LogP contribution in [0.5, 0.6) is 0 Å². The van der Waals surface area contributed by atoms with Gasteiger partial charge in [0.05, 0.1) is 10.6 Å². The van der Waals surface area contributed by atoms with E-state index in [1.165, 1.54) is 12.3 Å². The normalized spacial score (nSPS) is 27.2. The van der Waals surface area contributed by atoms with E-state index in [1.807, 2.05) is 0 Å².